The monoisotopic (exact) mass is 347 g/mol. The molecular formula is C19H25NO5. The maximum absolute atomic E-state index is 12.7. The van der Waals surface area contributed by atoms with Gasteiger partial charge in [-0.2, -0.15) is 0 Å². The van der Waals surface area contributed by atoms with Gasteiger partial charge in [-0.25, -0.2) is 0 Å². The molecule has 6 nitrogen and oxygen atoms in total. The van der Waals surface area contributed by atoms with Crippen LogP contribution in [0.5, 0.6) is 11.5 Å². The van der Waals surface area contributed by atoms with Gasteiger partial charge < -0.3 is 19.9 Å². The van der Waals surface area contributed by atoms with Crippen LogP contribution in [0, 0.1) is 17.8 Å². The molecule has 3 rings (SSSR count). The molecule has 0 heterocycles. The van der Waals surface area contributed by atoms with Crippen LogP contribution in [0.3, 0.4) is 0 Å². The lowest BCUT2D eigenvalue weighted by atomic mass is 10.0. The highest BCUT2D eigenvalue weighted by Crippen LogP contribution is 2.55. The van der Waals surface area contributed by atoms with Crippen molar-refractivity contribution in [2.45, 2.75) is 38.1 Å². The number of fused-ring (bicyclic) bond motifs is 1. The largest absolute Gasteiger partial charge is 0.497 e. The minimum atomic E-state index is -0.962. The topological polar surface area (TPSA) is 84.9 Å². The second kappa shape index (κ2) is 7.33. The number of nitrogens with one attached hydrogen (secondary N) is 1. The molecule has 4 atom stereocenters. The second-order valence-electron chi connectivity index (χ2n) is 6.90. The number of aliphatic carboxylic acids is 1. The highest BCUT2D eigenvalue weighted by molar-refractivity contribution is 5.83. The van der Waals surface area contributed by atoms with E-state index in [0.29, 0.717) is 28.9 Å². The molecule has 2 fully saturated rings. The van der Waals surface area contributed by atoms with Crippen molar-refractivity contribution < 1.29 is 24.2 Å². The van der Waals surface area contributed by atoms with E-state index in [0.717, 1.165) is 12.8 Å². The van der Waals surface area contributed by atoms with Crippen LogP contribution in [0.4, 0.5) is 0 Å². The van der Waals surface area contributed by atoms with Gasteiger partial charge >= 0.3 is 5.97 Å². The maximum Gasteiger partial charge on any atom is 0.305 e. The van der Waals surface area contributed by atoms with Gasteiger partial charge in [-0.1, -0.05) is 12.8 Å². The first-order chi connectivity index (χ1) is 12.0. The van der Waals surface area contributed by atoms with E-state index in [1.54, 1.807) is 25.3 Å². The Morgan fingerprint density at radius 3 is 2.44 bits per heavy atom. The van der Waals surface area contributed by atoms with Crippen molar-refractivity contribution >= 4 is 11.9 Å². The number of carbonyl (C=O) groups is 2. The lowest BCUT2D eigenvalue weighted by molar-refractivity contribution is -0.137. The molecule has 0 aliphatic heterocycles. The molecule has 2 saturated carbocycles. The third kappa shape index (κ3) is 3.72. The summed E-state index contributed by atoms with van der Waals surface area (Å²) in [6.45, 7) is 0. The van der Waals surface area contributed by atoms with Gasteiger partial charge in [0.25, 0.3) is 0 Å². The number of carbonyl (C=O) groups excluding carboxylic acids is 1. The molecule has 2 N–H and O–H groups in total. The fourth-order valence-electron chi connectivity index (χ4n) is 4.17. The van der Waals surface area contributed by atoms with Gasteiger partial charge in [-0.15, -0.1) is 0 Å². The summed E-state index contributed by atoms with van der Waals surface area (Å²) in [5.74, 6) is 1.16. The summed E-state index contributed by atoms with van der Waals surface area (Å²) >= 11 is 0. The van der Waals surface area contributed by atoms with E-state index in [2.05, 4.69) is 5.32 Å². The summed E-state index contributed by atoms with van der Waals surface area (Å²) in [5, 5.41) is 12.2. The fraction of sp³-hybridized carbons (Fsp3) is 0.579. The number of hydrogen-bond acceptors (Lipinski definition) is 4. The Bertz CT molecular complexity index is 647. The van der Waals surface area contributed by atoms with Crippen LogP contribution in [0.1, 0.15) is 43.7 Å². The third-order valence-corrected chi connectivity index (χ3v) is 5.47. The first-order valence-electron chi connectivity index (χ1n) is 8.79. The predicted octanol–water partition coefficient (Wildman–Crippen LogP) is 2.77. The van der Waals surface area contributed by atoms with Gasteiger partial charge in [0.05, 0.1) is 26.7 Å². The normalized spacial score (nSPS) is 25.4. The average Bonchev–Trinajstić information content (AvgIpc) is 3.34. The van der Waals surface area contributed by atoms with Gasteiger partial charge in [0.15, 0.2) is 0 Å². The molecule has 0 bridgehead atoms. The Kier molecular flexibility index (Phi) is 5.16. The Morgan fingerprint density at radius 1 is 1.20 bits per heavy atom. The first-order valence-corrected chi connectivity index (χ1v) is 8.79. The molecule has 1 unspecified atom stereocenters. The Hall–Kier alpha value is -2.24. The SMILES string of the molecule is COc1ccc([C@H](CC(=O)O)NC(=O)C2[C@H]3CCCC[C@@H]23)c(OC)c1. The van der Waals surface area contributed by atoms with E-state index in [1.807, 2.05) is 0 Å². The molecule has 2 aliphatic rings. The van der Waals surface area contributed by atoms with Crippen molar-refractivity contribution in [1.29, 1.82) is 0 Å². The number of rotatable bonds is 7. The molecule has 0 saturated heterocycles. The number of hydrogen-bond donors (Lipinski definition) is 2. The highest BCUT2D eigenvalue weighted by Gasteiger charge is 2.54. The predicted molar refractivity (Wildman–Crippen MR) is 91.6 cm³/mol. The van der Waals surface area contributed by atoms with Crippen molar-refractivity contribution in [3.8, 4) is 11.5 Å². The summed E-state index contributed by atoms with van der Waals surface area (Å²) in [6, 6.07) is 4.59. The summed E-state index contributed by atoms with van der Waals surface area (Å²) in [6.07, 6.45) is 4.42. The van der Waals surface area contributed by atoms with Crippen molar-refractivity contribution in [3.63, 3.8) is 0 Å². The minimum absolute atomic E-state index is 0.0268. The van der Waals surface area contributed by atoms with Crippen molar-refractivity contribution in [1.82, 2.24) is 5.32 Å². The fourth-order valence-corrected chi connectivity index (χ4v) is 4.17. The third-order valence-electron chi connectivity index (χ3n) is 5.47. The van der Waals surface area contributed by atoms with Gasteiger partial charge in [0.1, 0.15) is 11.5 Å². The quantitative estimate of drug-likeness (QED) is 0.792. The Balaban J connectivity index is 1.78. The maximum atomic E-state index is 12.7. The van der Waals surface area contributed by atoms with Crippen LogP contribution < -0.4 is 14.8 Å². The molecule has 6 heteroatoms. The molecule has 0 spiro atoms. The number of methoxy groups -OCH3 is 2. The molecule has 1 amide bonds. The van der Waals surface area contributed by atoms with Gasteiger partial charge in [0, 0.05) is 17.5 Å². The smallest absolute Gasteiger partial charge is 0.305 e. The molecular weight excluding hydrogens is 322 g/mol. The van der Waals surface area contributed by atoms with Crippen molar-refractivity contribution in [2.24, 2.45) is 17.8 Å². The van der Waals surface area contributed by atoms with Crippen LogP contribution in [0.15, 0.2) is 18.2 Å². The number of benzene rings is 1. The average molecular weight is 347 g/mol. The molecule has 0 aromatic heterocycles. The molecule has 136 valence electrons. The summed E-state index contributed by atoms with van der Waals surface area (Å²) in [4.78, 5) is 24.0. The number of amides is 1. The highest BCUT2D eigenvalue weighted by atomic mass is 16.5. The van der Waals surface area contributed by atoms with Gasteiger partial charge in [-0.3, -0.25) is 9.59 Å². The molecule has 1 aromatic carbocycles. The van der Waals surface area contributed by atoms with Crippen LogP contribution in [0.25, 0.3) is 0 Å². The van der Waals surface area contributed by atoms with E-state index in [4.69, 9.17) is 9.47 Å². The number of carboxylic acids is 1. The number of ether oxygens (including phenoxy) is 2. The zero-order chi connectivity index (χ0) is 18.0. The Labute approximate surface area is 147 Å². The van der Waals surface area contributed by atoms with E-state index >= 15 is 0 Å². The standard InChI is InChI=1S/C19H25NO5/c1-24-11-7-8-14(16(9-11)25-2)15(10-17(21)22)20-19(23)18-12-5-3-4-6-13(12)18/h7-9,12-13,15,18H,3-6,10H2,1-2H3,(H,20,23)(H,21,22)/t12-,13+,15-,18?/m0/s1. The first kappa shape index (κ1) is 17.6. The number of carboxylic acid groups (broad SMARTS) is 1. The van der Waals surface area contributed by atoms with Crippen LogP contribution in [-0.2, 0) is 9.59 Å². The van der Waals surface area contributed by atoms with E-state index < -0.39 is 12.0 Å². The van der Waals surface area contributed by atoms with Gasteiger partial charge in [-0.05, 0) is 36.8 Å². The summed E-state index contributed by atoms with van der Waals surface area (Å²) in [7, 11) is 3.08. The van der Waals surface area contributed by atoms with Crippen LogP contribution in [0.2, 0.25) is 0 Å². The summed E-state index contributed by atoms with van der Waals surface area (Å²) < 4.78 is 10.6. The zero-order valence-electron chi connectivity index (χ0n) is 14.7. The zero-order valence-corrected chi connectivity index (χ0v) is 14.7. The molecule has 25 heavy (non-hydrogen) atoms. The lowest BCUT2D eigenvalue weighted by Crippen LogP contribution is -2.32. The molecule has 0 radical (unpaired) electrons. The van der Waals surface area contributed by atoms with Crippen molar-refractivity contribution in [2.75, 3.05) is 14.2 Å². The second-order valence-corrected chi connectivity index (χ2v) is 6.90. The van der Waals surface area contributed by atoms with E-state index in [-0.39, 0.29) is 18.2 Å². The van der Waals surface area contributed by atoms with Gasteiger partial charge in [0.2, 0.25) is 5.91 Å². The minimum Gasteiger partial charge on any atom is -0.497 e. The van der Waals surface area contributed by atoms with Crippen molar-refractivity contribution in [3.05, 3.63) is 23.8 Å². The molecule has 2 aliphatic carbocycles. The van der Waals surface area contributed by atoms with Crippen LogP contribution >= 0.6 is 0 Å². The van der Waals surface area contributed by atoms with E-state index in [9.17, 15) is 14.7 Å². The Morgan fingerprint density at radius 2 is 1.88 bits per heavy atom. The lowest BCUT2D eigenvalue weighted by Gasteiger charge is -2.20. The summed E-state index contributed by atoms with van der Waals surface area (Å²) in [5.41, 5.74) is 0.655. The van der Waals surface area contributed by atoms with Crippen LogP contribution in [-0.4, -0.2) is 31.2 Å². The van der Waals surface area contributed by atoms with E-state index in [1.165, 1.54) is 20.0 Å². The molecule has 1 aromatic rings.